The molecule has 36 heavy (non-hydrogen) atoms. The van der Waals surface area contributed by atoms with Crippen LogP contribution < -0.4 is 21.7 Å². The molecule has 5 unspecified atom stereocenters. The molecule has 0 saturated heterocycles. The van der Waals surface area contributed by atoms with E-state index in [4.69, 9.17) is 10.8 Å². The molecule has 0 aliphatic heterocycles. The number of nitrogens with one attached hydrogen (secondary N) is 3. The predicted octanol–water partition coefficient (Wildman–Crippen LogP) is -1.59. The number of carbonyl (C=O) groups is 5. The van der Waals surface area contributed by atoms with Crippen LogP contribution in [0, 0.1) is 0 Å². The summed E-state index contributed by atoms with van der Waals surface area (Å²) in [4.78, 5) is 60.6. The van der Waals surface area contributed by atoms with Crippen molar-refractivity contribution in [2.24, 2.45) is 5.73 Å². The number of carbonyl (C=O) groups excluding carboxylic acids is 3. The number of aromatic hydroxyl groups is 1. The molecule has 0 heterocycles. The Balaban J connectivity index is 3.14. The minimum Gasteiger partial charge on any atom is -0.508 e. The lowest BCUT2D eigenvalue weighted by Gasteiger charge is -2.26. The zero-order chi connectivity index (χ0) is 27.4. The lowest BCUT2D eigenvalue weighted by Crippen LogP contribution is -2.59. The lowest BCUT2D eigenvalue weighted by molar-refractivity contribution is -0.145. The smallest absolute Gasteiger partial charge is 0.328 e. The SMILES string of the molecule is CSCCC(NC(=O)C(N)CC(=O)O)C(=O)NC(Cc1ccc(O)cc1)C(=O)NC(C(=O)O)C(C)O. The Morgan fingerprint density at radius 2 is 1.50 bits per heavy atom. The summed E-state index contributed by atoms with van der Waals surface area (Å²) in [6, 6.07) is 0.228. The van der Waals surface area contributed by atoms with Gasteiger partial charge in [0.15, 0.2) is 6.04 Å². The van der Waals surface area contributed by atoms with Gasteiger partial charge in [-0.3, -0.25) is 19.2 Å². The van der Waals surface area contributed by atoms with E-state index in [0.717, 1.165) is 0 Å². The monoisotopic (exact) mass is 528 g/mol. The second-order valence-electron chi connectivity index (χ2n) is 8.04. The van der Waals surface area contributed by atoms with Crippen LogP contribution in [0.4, 0.5) is 0 Å². The largest absolute Gasteiger partial charge is 0.508 e. The number of hydrogen-bond donors (Lipinski definition) is 8. The number of benzene rings is 1. The molecule has 1 aromatic rings. The van der Waals surface area contributed by atoms with Gasteiger partial charge in [-0.25, -0.2) is 4.79 Å². The molecule has 200 valence electrons. The number of thioether (sulfide) groups is 1. The molecule has 9 N–H and O–H groups in total. The number of nitrogens with two attached hydrogens (primary N) is 1. The van der Waals surface area contributed by atoms with Crippen molar-refractivity contribution in [2.45, 2.75) is 56.5 Å². The number of amides is 3. The molecule has 3 amide bonds. The number of phenolic OH excluding ortho intramolecular Hbond substituents is 1. The van der Waals surface area contributed by atoms with Crippen molar-refractivity contribution in [3.8, 4) is 5.75 Å². The van der Waals surface area contributed by atoms with E-state index in [1.807, 2.05) is 0 Å². The quantitative estimate of drug-likeness (QED) is 0.129. The fourth-order valence-electron chi connectivity index (χ4n) is 3.06. The molecule has 13 nitrogen and oxygen atoms in total. The molecule has 0 bridgehead atoms. The van der Waals surface area contributed by atoms with E-state index >= 15 is 0 Å². The molecule has 0 aliphatic rings. The number of phenols is 1. The fraction of sp³-hybridized carbons (Fsp3) is 0.500. The Kier molecular flexibility index (Phi) is 12.7. The van der Waals surface area contributed by atoms with Gasteiger partial charge in [0.05, 0.1) is 18.6 Å². The van der Waals surface area contributed by atoms with Crippen molar-refractivity contribution in [3.05, 3.63) is 29.8 Å². The standard InChI is InChI=1S/C22H32N4O9S/c1-11(27)18(22(34)35)26-21(33)16(9-12-3-5-13(28)6-4-12)25-20(32)15(7-8-36-2)24-19(31)14(23)10-17(29)30/h3-6,11,14-16,18,27-28H,7-10,23H2,1-2H3,(H,24,31)(H,25,32)(H,26,33)(H,29,30)(H,34,35). The minimum absolute atomic E-state index is 0.0265. The van der Waals surface area contributed by atoms with Crippen molar-refractivity contribution >= 4 is 41.4 Å². The van der Waals surface area contributed by atoms with Crippen LogP contribution in [-0.2, 0) is 30.4 Å². The molecular formula is C22H32N4O9S. The van der Waals surface area contributed by atoms with Gasteiger partial charge in [-0.2, -0.15) is 11.8 Å². The topological polar surface area (TPSA) is 228 Å². The van der Waals surface area contributed by atoms with Gasteiger partial charge in [0.1, 0.15) is 17.8 Å². The second-order valence-corrected chi connectivity index (χ2v) is 9.03. The molecule has 1 aromatic carbocycles. The molecule has 0 aliphatic carbocycles. The Morgan fingerprint density at radius 1 is 0.944 bits per heavy atom. The number of aliphatic hydroxyl groups is 1. The fourth-order valence-corrected chi connectivity index (χ4v) is 3.53. The highest BCUT2D eigenvalue weighted by Gasteiger charge is 2.32. The number of carboxylic acids is 2. The van der Waals surface area contributed by atoms with Gasteiger partial charge in [0, 0.05) is 6.42 Å². The first-order chi connectivity index (χ1) is 16.8. The van der Waals surface area contributed by atoms with Crippen LogP contribution in [0.2, 0.25) is 0 Å². The Morgan fingerprint density at radius 3 is 2.00 bits per heavy atom. The van der Waals surface area contributed by atoms with Crippen molar-refractivity contribution in [3.63, 3.8) is 0 Å². The maximum atomic E-state index is 13.1. The van der Waals surface area contributed by atoms with E-state index in [1.54, 1.807) is 6.26 Å². The van der Waals surface area contributed by atoms with Crippen LogP contribution in [0.5, 0.6) is 5.75 Å². The molecule has 0 fully saturated rings. The molecule has 5 atom stereocenters. The number of rotatable bonds is 15. The van der Waals surface area contributed by atoms with Gasteiger partial charge in [0.2, 0.25) is 17.7 Å². The molecule has 14 heteroatoms. The zero-order valence-electron chi connectivity index (χ0n) is 19.8. The highest BCUT2D eigenvalue weighted by atomic mass is 32.2. The Hall–Kier alpha value is -3.36. The summed E-state index contributed by atoms with van der Waals surface area (Å²) in [6.45, 7) is 1.18. The summed E-state index contributed by atoms with van der Waals surface area (Å²) < 4.78 is 0. The van der Waals surface area contributed by atoms with Crippen LogP contribution in [0.3, 0.4) is 0 Å². The van der Waals surface area contributed by atoms with Crippen molar-refractivity contribution < 1.29 is 44.4 Å². The van der Waals surface area contributed by atoms with E-state index in [2.05, 4.69) is 16.0 Å². The van der Waals surface area contributed by atoms with Crippen molar-refractivity contribution in [1.29, 1.82) is 0 Å². The van der Waals surface area contributed by atoms with Crippen LogP contribution >= 0.6 is 11.8 Å². The maximum absolute atomic E-state index is 13.1. The van der Waals surface area contributed by atoms with Crippen LogP contribution in [0.15, 0.2) is 24.3 Å². The van der Waals surface area contributed by atoms with E-state index < -0.39 is 66.4 Å². The second kappa shape index (κ2) is 14.9. The molecule has 0 radical (unpaired) electrons. The summed E-state index contributed by atoms with van der Waals surface area (Å²) in [7, 11) is 0. The van der Waals surface area contributed by atoms with Gasteiger partial charge in [-0.15, -0.1) is 0 Å². The van der Waals surface area contributed by atoms with Crippen molar-refractivity contribution in [2.75, 3.05) is 12.0 Å². The molecular weight excluding hydrogens is 496 g/mol. The zero-order valence-corrected chi connectivity index (χ0v) is 20.7. The number of carboxylic acid groups (broad SMARTS) is 2. The Labute approximate surface area is 211 Å². The number of hydrogen-bond acceptors (Lipinski definition) is 9. The predicted molar refractivity (Wildman–Crippen MR) is 130 cm³/mol. The van der Waals surface area contributed by atoms with Gasteiger partial charge < -0.3 is 42.1 Å². The number of aliphatic hydroxyl groups excluding tert-OH is 1. The third-order valence-electron chi connectivity index (χ3n) is 5.03. The summed E-state index contributed by atoms with van der Waals surface area (Å²) in [5.41, 5.74) is 6.10. The summed E-state index contributed by atoms with van der Waals surface area (Å²) in [5, 5.41) is 44.4. The molecule has 0 aromatic heterocycles. The molecule has 1 rings (SSSR count). The average Bonchev–Trinajstić information content (AvgIpc) is 2.79. The van der Waals surface area contributed by atoms with Crippen LogP contribution in [0.1, 0.15) is 25.3 Å². The third-order valence-corrected chi connectivity index (χ3v) is 5.67. The van der Waals surface area contributed by atoms with E-state index in [1.165, 1.54) is 43.0 Å². The van der Waals surface area contributed by atoms with Gasteiger partial charge >= 0.3 is 11.9 Å². The third kappa shape index (κ3) is 10.5. The number of aliphatic carboxylic acids is 2. The summed E-state index contributed by atoms with van der Waals surface area (Å²) >= 11 is 1.38. The molecule has 0 spiro atoms. The summed E-state index contributed by atoms with van der Waals surface area (Å²) in [5.74, 6) is -4.90. The van der Waals surface area contributed by atoms with Gasteiger partial charge in [0.25, 0.3) is 0 Å². The normalized spacial score (nSPS) is 15.0. The molecule has 0 saturated carbocycles. The van der Waals surface area contributed by atoms with Crippen LogP contribution in [-0.4, -0.2) is 92.4 Å². The van der Waals surface area contributed by atoms with Crippen molar-refractivity contribution in [1.82, 2.24) is 16.0 Å². The minimum atomic E-state index is -1.64. The van der Waals surface area contributed by atoms with E-state index in [9.17, 15) is 39.3 Å². The van der Waals surface area contributed by atoms with E-state index in [-0.39, 0.29) is 18.6 Å². The average molecular weight is 529 g/mol. The van der Waals surface area contributed by atoms with E-state index in [0.29, 0.717) is 11.3 Å². The van der Waals surface area contributed by atoms with Gasteiger partial charge in [-0.1, -0.05) is 12.1 Å². The first-order valence-corrected chi connectivity index (χ1v) is 12.3. The highest BCUT2D eigenvalue weighted by Crippen LogP contribution is 2.12. The maximum Gasteiger partial charge on any atom is 0.328 e. The first-order valence-electron chi connectivity index (χ1n) is 10.9. The van der Waals surface area contributed by atoms with Gasteiger partial charge in [-0.05, 0) is 43.0 Å². The highest BCUT2D eigenvalue weighted by molar-refractivity contribution is 7.98. The summed E-state index contributed by atoms with van der Waals surface area (Å²) in [6.07, 6.45) is -0.273. The lowest BCUT2D eigenvalue weighted by atomic mass is 10.0. The Bertz CT molecular complexity index is 927. The van der Waals surface area contributed by atoms with Crippen LogP contribution in [0.25, 0.3) is 0 Å². The first kappa shape index (κ1) is 30.7.